The first-order chi connectivity index (χ1) is 7.74. The zero-order valence-electron chi connectivity index (χ0n) is 10.2. The summed E-state index contributed by atoms with van der Waals surface area (Å²) in [6.45, 7) is 5.50. The van der Waals surface area contributed by atoms with Crippen LogP contribution in [0, 0.1) is 5.92 Å². The number of aliphatic hydroxyl groups excluding tert-OH is 1. The number of nitrogens with zero attached hydrogens (tertiary/aromatic N) is 1. The Bertz CT molecular complexity index is 275. The van der Waals surface area contributed by atoms with Gasteiger partial charge < -0.3 is 10.4 Å². The van der Waals surface area contributed by atoms with Gasteiger partial charge in [-0.15, -0.1) is 0 Å². The van der Waals surface area contributed by atoms with Gasteiger partial charge in [-0.25, -0.2) is 0 Å². The maximum Gasteiger partial charge on any atom is 0.0573 e. The summed E-state index contributed by atoms with van der Waals surface area (Å²) in [6, 6.07) is 6.30. The van der Waals surface area contributed by atoms with E-state index in [4.69, 9.17) is 5.11 Å². The van der Waals surface area contributed by atoms with Crippen molar-refractivity contribution in [2.24, 2.45) is 5.92 Å². The molecule has 0 aliphatic rings. The third-order valence-electron chi connectivity index (χ3n) is 2.48. The first-order valence-corrected chi connectivity index (χ1v) is 5.99. The first kappa shape index (κ1) is 13.1. The second-order valence-corrected chi connectivity index (χ2v) is 4.47. The average Bonchev–Trinajstić information content (AvgIpc) is 2.29. The molecule has 0 saturated heterocycles. The summed E-state index contributed by atoms with van der Waals surface area (Å²) < 4.78 is 0. The van der Waals surface area contributed by atoms with E-state index in [9.17, 15) is 0 Å². The molecule has 0 radical (unpaired) electrons. The maximum atomic E-state index is 8.78. The molecule has 0 amide bonds. The number of pyridine rings is 1. The molecule has 90 valence electrons. The molecule has 1 aromatic rings. The molecule has 1 rings (SSSR count). The fraction of sp³-hybridized carbons (Fsp3) is 0.615. The lowest BCUT2D eigenvalue weighted by atomic mass is 10.0. The molecule has 0 aliphatic heterocycles. The number of nitrogens with one attached hydrogen (secondary N) is 1. The predicted octanol–water partition coefficient (Wildman–Crippen LogP) is 2.14. The van der Waals surface area contributed by atoms with Gasteiger partial charge in [-0.1, -0.05) is 19.9 Å². The monoisotopic (exact) mass is 222 g/mol. The highest BCUT2D eigenvalue weighted by Crippen LogP contribution is 2.18. The second kappa shape index (κ2) is 7.36. The molecular weight excluding hydrogens is 200 g/mol. The minimum Gasteiger partial charge on any atom is -0.396 e. The number of hydrogen-bond acceptors (Lipinski definition) is 3. The molecule has 1 atom stereocenters. The van der Waals surface area contributed by atoms with E-state index in [0.29, 0.717) is 12.0 Å². The van der Waals surface area contributed by atoms with Crippen molar-refractivity contribution in [3.63, 3.8) is 0 Å². The molecule has 0 saturated carbocycles. The van der Waals surface area contributed by atoms with Crippen molar-refractivity contribution in [1.82, 2.24) is 10.3 Å². The summed E-state index contributed by atoms with van der Waals surface area (Å²) in [7, 11) is 0. The van der Waals surface area contributed by atoms with Crippen LogP contribution in [0.15, 0.2) is 24.4 Å². The molecule has 16 heavy (non-hydrogen) atoms. The Morgan fingerprint density at radius 3 is 2.75 bits per heavy atom. The molecule has 0 aromatic carbocycles. The van der Waals surface area contributed by atoms with Gasteiger partial charge in [0.1, 0.15) is 0 Å². The van der Waals surface area contributed by atoms with Crippen LogP contribution in [0.4, 0.5) is 0 Å². The van der Waals surface area contributed by atoms with Crippen LogP contribution in [0.1, 0.15) is 38.4 Å². The van der Waals surface area contributed by atoms with Crippen molar-refractivity contribution in [3.8, 4) is 0 Å². The number of rotatable bonds is 7. The van der Waals surface area contributed by atoms with Gasteiger partial charge in [-0.05, 0) is 37.4 Å². The summed E-state index contributed by atoms with van der Waals surface area (Å²) in [6.07, 6.45) is 3.69. The topological polar surface area (TPSA) is 45.1 Å². The number of hydrogen-bond donors (Lipinski definition) is 2. The van der Waals surface area contributed by atoms with Gasteiger partial charge in [0.25, 0.3) is 0 Å². The molecular formula is C13H22N2O. The summed E-state index contributed by atoms with van der Waals surface area (Å²) in [5, 5.41) is 12.2. The van der Waals surface area contributed by atoms with E-state index in [1.54, 1.807) is 0 Å². The van der Waals surface area contributed by atoms with Crippen molar-refractivity contribution in [1.29, 1.82) is 0 Å². The highest BCUT2D eigenvalue weighted by atomic mass is 16.3. The van der Waals surface area contributed by atoms with Crippen LogP contribution < -0.4 is 5.32 Å². The van der Waals surface area contributed by atoms with Crippen LogP contribution in [-0.4, -0.2) is 23.2 Å². The summed E-state index contributed by atoms with van der Waals surface area (Å²) in [5.41, 5.74) is 1.09. The number of aromatic nitrogens is 1. The van der Waals surface area contributed by atoms with E-state index in [1.165, 1.54) is 0 Å². The van der Waals surface area contributed by atoms with Crippen LogP contribution >= 0.6 is 0 Å². The molecule has 0 spiro atoms. The van der Waals surface area contributed by atoms with E-state index in [2.05, 4.69) is 30.2 Å². The zero-order valence-corrected chi connectivity index (χ0v) is 10.2. The standard InChI is InChI=1S/C13H22N2O/c1-11(2)10-13(15-8-5-9-16)12-6-3-4-7-14-12/h3-4,6-7,11,13,15-16H,5,8-10H2,1-2H3. The Hall–Kier alpha value is -0.930. The largest absolute Gasteiger partial charge is 0.396 e. The van der Waals surface area contributed by atoms with Crippen molar-refractivity contribution < 1.29 is 5.11 Å². The molecule has 3 nitrogen and oxygen atoms in total. The quantitative estimate of drug-likeness (QED) is 0.695. The van der Waals surface area contributed by atoms with Crippen molar-refractivity contribution >= 4 is 0 Å². The maximum absolute atomic E-state index is 8.78. The smallest absolute Gasteiger partial charge is 0.0573 e. The Labute approximate surface area is 97.9 Å². The van der Waals surface area contributed by atoms with Gasteiger partial charge in [0.15, 0.2) is 0 Å². The third kappa shape index (κ3) is 4.73. The lowest BCUT2D eigenvalue weighted by Gasteiger charge is -2.20. The minimum atomic E-state index is 0.240. The number of aliphatic hydroxyl groups is 1. The van der Waals surface area contributed by atoms with Gasteiger partial charge in [-0.3, -0.25) is 4.98 Å². The minimum absolute atomic E-state index is 0.240. The highest BCUT2D eigenvalue weighted by Gasteiger charge is 2.13. The fourth-order valence-corrected chi connectivity index (χ4v) is 1.72. The molecule has 3 heteroatoms. The first-order valence-electron chi connectivity index (χ1n) is 5.99. The second-order valence-electron chi connectivity index (χ2n) is 4.47. The van der Waals surface area contributed by atoms with Crippen LogP contribution in [-0.2, 0) is 0 Å². The van der Waals surface area contributed by atoms with E-state index < -0.39 is 0 Å². The summed E-state index contributed by atoms with van der Waals surface area (Å²) >= 11 is 0. The van der Waals surface area contributed by atoms with E-state index in [-0.39, 0.29) is 6.61 Å². The zero-order chi connectivity index (χ0) is 11.8. The van der Waals surface area contributed by atoms with Gasteiger partial charge in [-0.2, -0.15) is 0 Å². The third-order valence-corrected chi connectivity index (χ3v) is 2.48. The van der Waals surface area contributed by atoms with Crippen molar-refractivity contribution in [3.05, 3.63) is 30.1 Å². The molecule has 0 fully saturated rings. The highest BCUT2D eigenvalue weighted by molar-refractivity contribution is 5.08. The lowest BCUT2D eigenvalue weighted by molar-refractivity contribution is 0.280. The summed E-state index contributed by atoms with van der Waals surface area (Å²) in [5.74, 6) is 0.633. The van der Waals surface area contributed by atoms with Gasteiger partial charge >= 0.3 is 0 Å². The predicted molar refractivity (Wildman–Crippen MR) is 66.1 cm³/mol. The van der Waals surface area contributed by atoms with Crippen molar-refractivity contribution in [2.45, 2.75) is 32.7 Å². The summed E-state index contributed by atoms with van der Waals surface area (Å²) in [4.78, 5) is 4.39. The molecule has 0 bridgehead atoms. The lowest BCUT2D eigenvalue weighted by Crippen LogP contribution is -2.25. The van der Waals surface area contributed by atoms with E-state index in [0.717, 1.165) is 25.1 Å². The Balaban J connectivity index is 2.56. The fourth-order valence-electron chi connectivity index (χ4n) is 1.72. The normalized spacial score (nSPS) is 13.0. The molecule has 0 aliphatic carbocycles. The molecule has 1 unspecified atom stereocenters. The van der Waals surface area contributed by atoms with Crippen LogP contribution in [0.5, 0.6) is 0 Å². The van der Waals surface area contributed by atoms with Crippen LogP contribution in [0.2, 0.25) is 0 Å². The van der Waals surface area contributed by atoms with Crippen molar-refractivity contribution in [2.75, 3.05) is 13.2 Å². The van der Waals surface area contributed by atoms with E-state index >= 15 is 0 Å². The van der Waals surface area contributed by atoms with Gasteiger partial charge in [0.2, 0.25) is 0 Å². The molecule has 1 heterocycles. The Morgan fingerprint density at radius 1 is 1.38 bits per heavy atom. The average molecular weight is 222 g/mol. The van der Waals surface area contributed by atoms with Crippen LogP contribution in [0.25, 0.3) is 0 Å². The molecule has 2 N–H and O–H groups in total. The van der Waals surface area contributed by atoms with Gasteiger partial charge in [0.05, 0.1) is 5.69 Å². The molecule has 1 aromatic heterocycles. The van der Waals surface area contributed by atoms with Gasteiger partial charge in [0, 0.05) is 18.8 Å². The van der Waals surface area contributed by atoms with E-state index in [1.807, 2.05) is 18.3 Å². The Morgan fingerprint density at radius 2 is 2.19 bits per heavy atom. The van der Waals surface area contributed by atoms with Crippen LogP contribution in [0.3, 0.4) is 0 Å². The SMILES string of the molecule is CC(C)CC(NCCCO)c1ccccn1. The Kier molecular flexibility index (Phi) is 6.04.